The molecule has 0 aliphatic carbocycles. The fraction of sp³-hybridized carbons (Fsp3) is 0.321. The van der Waals surface area contributed by atoms with Crippen LogP contribution in [0.3, 0.4) is 0 Å². The van der Waals surface area contributed by atoms with Crippen LogP contribution in [0.4, 0.5) is 0 Å². The highest BCUT2D eigenvalue weighted by atomic mass is 16.2. The molecule has 1 amide bonds. The van der Waals surface area contributed by atoms with E-state index < -0.39 is 0 Å². The smallest absolute Gasteiger partial charge is 0.252 e. The SMILES string of the molecule is O=C1NC(CCC(c2ccccc2)c2ccccc2)(C2CCNCC2)c2ccccc21. The van der Waals surface area contributed by atoms with Gasteiger partial charge >= 0.3 is 0 Å². The van der Waals surface area contributed by atoms with Gasteiger partial charge in [0.25, 0.3) is 5.91 Å². The van der Waals surface area contributed by atoms with Crippen LogP contribution in [-0.4, -0.2) is 19.0 Å². The molecule has 158 valence electrons. The first-order valence-corrected chi connectivity index (χ1v) is 11.5. The summed E-state index contributed by atoms with van der Waals surface area (Å²) in [6.07, 6.45) is 4.12. The van der Waals surface area contributed by atoms with Gasteiger partial charge < -0.3 is 10.6 Å². The molecule has 0 spiro atoms. The van der Waals surface area contributed by atoms with Crippen LogP contribution in [0, 0.1) is 5.92 Å². The minimum atomic E-state index is -0.280. The number of fused-ring (bicyclic) bond motifs is 1. The van der Waals surface area contributed by atoms with Crippen molar-refractivity contribution in [1.29, 1.82) is 0 Å². The first kappa shape index (κ1) is 20.0. The second-order valence-corrected chi connectivity index (χ2v) is 8.91. The third-order valence-corrected chi connectivity index (χ3v) is 7.26. The van der Waals surface area contributed by atoms with Crippen LogP contribution >= 0.6 is 0 Å². The Morgan fingerprint density at radius 1 is 0.806 bits per heavy atom. The minimum Gasteiger partial charge on any atom is -0.342 e. The van der Waals surface area contributed by atoms with Gasteiger partial charge in [-0.25, -0.2) is 0 Å². The number of benzene rings is 3. The number of carbonyl (C=O) groups is 1. The summed E-state index contributed by atoms with van der Waals surface area (Å²) >= 11 is 0. The van der Waals surface area contributed by atoms with Crippen molar-refractivity contribution in [2.75, 3.05) is 13.1 Å². The molecule has 0 saturated carbocycles. The van der Waals surface area contributed by atoms with E-state index in [2.05, 4.69) is 83.4 Å². The first-order valence-electron chi connectivity index (χ1n) is 11.5. The molecule has 0 bridgehead atoms. The van der Waals surface area contributed by atoms with Crippen molar-refractivity contribution in [3.8, 4) is 0 Å². The molecule has 3 aromatic carbocycles. The lowest BCUT2D eigenvalue weighted by molar-refractivity contribution is 0.0857. The molecule has 5 rings (SSSR count). The van der Waals surface area contributed by atoms with E-state index in [9.17, 15) is 4.79 Å². The monoisotopic (exact) mass is 410 g/mol. The fourth-order valence-corrected chi connectivity index (χ4v) is 5.71. The van der Waals surface area contributed by atoms with Crippen molar-refractivity contribution < 1.29 is 4.79 Å². The van der Waals surface area contributed by atoms with E-state index in [1.807, 2.05) is 12.1 Å². The third-order valence-electron chi connectivity index (χ3n) is 7.26. The lowest BCUT2D eigenvalue weighted by Crippen LogP contribution is -2.49. The molecule has 2 aliphatic heterocycles. The molecule has 1 fully saturated rings. The summed E-state index contributed by atoms with van der Waals surface area (Å²) in [5, 5.41) is 6.99. The molecule has 2 aliphatic rings. The highest BCUT2D eigenvalue weighted by molar-refractivity contribution is 6.00. The molecule has 1 unspecified atom stereocenters. The predicted octanol–water partition coefficient (Wildman–Crippen LogP) is 5.24. The Morgan fingerprint density at radius 2 is 1.39 bits per heavy atom. The molecule has 3 nitrogen and oxygen atoms in total. The van der Waals surface area contributed by atoms with Crippen LogP contribution < -0.4 is 10.6 Å². The summed E-state index contributed by atoms with van der Waals surface area (Å²) in [5.74, 6) is 0.851. The first-order chi connectivity index (χ1) is 15.3. The number of piperidine rings is 1. The van der Waals surface area contributed by atoms with Crippen molar-refractivity contribution in [3.63, 3.8) is 0 Å². The average Bonchev–Trinajstić information content (AvgIpc) is 3.14. The molecule has 2 heterocycles. The fourth-order valence-electron chi connectivity index (χ4n) is 5.71. The average molecular weight is 411 g/mol. The van der Waals surface area contributed by atoms with Crippen LogP contribution in [0.15, 0.2) is 84.9 Å². The Balaban J connectivity index is 1.52. The van der Waals surface area contributed by atoms with Crippen molar-refractivity contribution in [2.24, 2.45) is 5.92 Å². The summed E-state index contributed by atoms with van der Waals surface area (Å²) in [5.41, 5.74) is 4.46. The van der Waals surface area contributed by atoms with Gasteiger partial charge in [0.2, 0.25) is 0 Å². The Kier molecular flexibility index (Phi) is 5.61. The van der Waals surface area contributed by atoms with Crippen LogP contribution in [-0.2, 0) is 5.54 Å². The summed E-state index contributed by atoms with van der Waals surface area (Å²) in [7, 11) is 0. The summed E-state index contributed by atoms with van der Waals surface area (Å²) in [6, 6.07) is 29.8. The Hall–Kier alpha value is -2.91. The molecule has 3 heteroatoms. The largest absolute Gasteiger partial charge is 0.342 e. The summed E-state index contributed by atoms with van der Waals surface area (Å²) < 4.78 is 0. The maximum absolute atomic E-state index is 13.0. The van der Waals surface area contributed by atoms with Gasteiger partial charge in [-0.15, -0.1) is 0 Å². The van der Waals surface area contributed by atoms with Gasteiger partial charge in [-0.05, 0) is 67.4 Å². The molecule has 31 heavy (non-hydrogen) atoms. The lowest BCUT2D eigenvalue weighted by atomic mass is 9.70. The van der Waals surface area contributed by atoms with Gasteiger partial charge in [0, 0.05) is 11.5 Å². The summed E-state index contributed by atoms with van der Waals surface area (Å²) in [6.45, 7) is 2.04. The van der Waals surface area contributed by atoms with E-state index in [-0.39, 0.29) is 11.4 Å². The van der Waals surface area contributed by atoms with Crippen molar-refractivity contribution in [1.82, 2.24) is 10.6 Å². The second-order valence-electron chi connectivity index (χ2n) is 8.91. The quantitative estimate of drug-likeness (QED) is 0.584. The Bertz CT molecular complexity index is 988. The van der Waals surface area contributed by atoms with Gasteiger partial charge in [0.15, 0.2) is 0 Å². The second kappa shape index (κ2) is 8.68. The van der Waals surface area contributed by atoms with Gasteiger partial charge in [-0.3, -0.25) is 4.79 Å². The molecule has 0 radical (unpaired) electrons. The molecular weight excluding hydrogens is 380 g/mol. The van der Waals surface area contributed by atoms with Gasteiger partial charge in [0.05, 0.1) is 5.54 Å². The van der Waals surface area contributed by atoms with Crippen molar-refractivity contribution in [3.05, 3.63) is 107 Å². The standard InChI is InChI=1S/C28H30N2O/c31-27-25-13-7-8-14-26(25)28(30-27,23-16-19-29-20-17-23)18-15-24(21-9-3-1-4-10-21)22-11-5-2-6-12-22/h1-14,23-24,29H,15-20H2,(H,30,31). The van der Waals surface area contributed by atoms with E-state index in [0.29, 0.717) is 11.8 Å². The molecule has 3 aromatic rings. The van der Waals surface area contributed by atoms with Crippen molar-refractivity contribution >= 4 is 5.91 Å². The highest BCUT2D eigenvalue weighted by Gasteiger charge is 2.48. The zero-order valence-electron chi connectivity index (χ0n) is 17.9. The van der Waals surface area contributed by atoms with Gasteiger partial charge in [-0.2, -0.15) is 0 Å². The van der Waals surface area contributed by atoms with Crippen LogP contribution in [0.1, 0.15) is 58.6 Å². The Morgan fingerprint density at radius 3 is 2.03 bits per heavy atom. The van der Waals surface area contributed by atoms with Gasteiger partial charge in [0.1, 0.15) is 0 Å². The van der Waals surface area contributed by atoms with E-state index in [4.69, 9.17) is 0 Å². The predicted molar refractivity (Wildman–Crippen MR) is 125 cm³/mol. The normalized spacial score (nSPS) is 21.1. The topological polar surface area (TPSA) is 41.1 Å². The number of nitrogens with one attached hydrogen (secondary N) is 2. The maximum Gasteiger partial charge on any atom is 0.252 e. The lowest BCUT2D eigenvalue weighted by Gasteiger charge is -2.41. The number of rotatable bonds is 6. The number of hydrogen-bond donors (Lipinski definition) is 2. The van der Waals surface area contributed by atoms with Gasteiger partial charge in [-0.1, -0.05) is 78.9 Å². The molecular formula is C28H30N2O. The molecule has 1 atom stereocenters. The minimum absolute atomic E-state index is 0.0881. The number of amides is 1. The summed E-state index contributed by atoms with van der Waals surface area (Å²) in [4.78, 5) is 13.0. The third kappa shape index (κ3) is 3.79. The van der Waals surface area contributed by atoms with Crippen LogP contribution in [0.25, 0.3) is 0 Å². The van der Waals surface area contributed by atoms with E-state index in [1.165, 1.54) is 16.7 Å². The highest BCUT2D eigenvalue weighted by Crippen LogP contribution is 2.46. The number of carbonyl (C=O) groups excluding carboxylic acids is 1. The van der Waals surface area contributed by atoms with E-state index in [0.717, 1.165) is 44.3 Å². The van der Waals surface area contributed by atoms with Crippen molar-refractivity contribution in [2.45, 2.75) is 37.1 Å². The van der Waals surface area contributed by atoms with E-state index >= 15 is 0 Å². The number of hydrogen-bond acceptors (Lipinski definition) is 2. The van der Waals surface area contributed by atoms with Crippen LogP contribution in [0.5, 0.6) is 0 Å². The van der Waals surface area contributed by atoms with Crippen LogP contribution in [0.2, 0.25) is 0 Å². The van der Waals surface area contributed by atoms with E-state index in [1.54, 1.807) is 0 Å². The molecule has 2 N–H and O–H groups in total. The zero-order chi connectivity index (χ0) is 21.1. The maximum atomic E-state index is 13.0. The molecule has 0 aromatic heterocycles. The Labute approximate surface area is 184 Å². The zero-order valence-corrected chi connectivity index (χ0v) is 17.9. The molecule has 1 saturated heterocycles.